The Bertz CT molecular complexity index is 1350. The molecule has 0 aromatic heterocycles. The van der Waals surface area contributed by atoms with Crippen LogP contribution in [0.3, 0.4) is 0 Å². The molecule has 11 heteroatoms. The molecule has 10 nitrogen and oxygen atoms in total. The quantitative estimate of drug-likeness (QED) is 0.0901. The minimum atomic E-state index is -4.10. The van der Waals surface area contributed by atoms with E-state index >= 15 is 0 Å². The number of rotatable bonds is 19. The van der Waals surface area contributed by atoms with Crippen LogP contribution in [0.4, 0.5) is 0 Å². The lowest BCUT2D eigenvalue weighted by atomic mass is 9.98. The van der Waals surface area contributed by atoms with Crippen LogP contribution < -0.4 is 0 Å². The lowest BCUT2D eigenvalue weighted by Gasteiger charge is -2.34. The second-order valence-corrected chi connectivity index (χ2v) is 14.1. The van der Waals surface area contributed by atoms with Crippen molar-refractivity contribution in [3.05, 3.63) is 108 Å². The van der Waals surface area contributed by atoms with E-state index in [1.807, 2.05) is 91.0 Å². The van der Waals surface area contributed by atoms with Gasteiger partial charge in [-0.25, -0.2) is 4.57 Å². The Balaban J connectivity index is 1.31. The van der Waals surface area contributed by atoms with E-state index in [-0.39, 0.29) is 32.8 Å². The van der Waals surface area contributed by atoms with Crippen LogP contribution in [0.15, 0.2) is 91.0 Å². The maximum atomic E-state index is 14.1. The van der Waals surface area contributed by atoms with Crippen molar-refractivity contribution in [2.75, 3.05) is 19.8 Å². The van der Waals surface area contributed by atoms with Crippen LogP contribution >= 0.6 is 7.82 Å². The van der Waals surface area contributed by atoms with E-state index in [2.05, 4.69) is 0 Å². The predicted molar refractivity (Wildman–Crippen MR) is 183 cm³/mol. The van der Waals surface area contributed by atoms with Crippen LogP contribution in [0.1, 0.15) is 68.6 Å². The summed E-state index contributed by atoms with van der Waals surface area (Å²) in [5.41, 5.74) is 2.53. The third-order valence-electron chi connectivity index (χ3n) is 8.48. The Morgan fingerprint density at radius 2 is 1.18 bits per heavy atom. The van der Waals surface area contributed by atoms with Crippen molar-refractivity contribution in [3.63, 3.8) is 0 Å². The monoisotopic (exact) mass is 696 g/mol. The fraction of sp³-hybridized carbons (Fsp3) is 0.500. The first-order valence-corrected chi connectivity index (χ1v) is 18.8. The molecule has 2 aliphatic heterocycles. The fourth-order valence-electron chi connectivity index (χ4n) is 5.60. The summed E-state index contributed by atoms with van der Waals surface area (Å²) < 4.78 is 62.3. The van der Waals surface area contributed by atoms with E-state index in [0.717, 1.165) is 42.4 Å². The highest BCUT2D eigenvalue weighted by Crippen LogP contribution is 2.51. The van der Waals surface area contributed by atoms with E-state index in [9.17, 15) is 9.36 Å². The Morgan fingerprint density at radius 1 is 0.694 bits per heavy atom. The van der Waals surface area contributed by atoms with Crippen molar-refractivity contribution < 1.29 is 46.6 Å². The number of ether oxygens (including phenoxy) is 5. The molecule has 0 radical (unpaired) electrons. The van der Waals surface area contributed by atoms with Gasteiger partial charge in [0.1, 0.15) is 6.61 Å². The molecule has 3 aromatic carbocycles. The summed E-state index contributed by atoms with van der Waals surface area (Å²) in [6.07, 6.45) is 3.17. The molecule has 5 rings (SSSR count). The summed E-state index contributed by atoms with van der Waals surface area (Å²) in [7, 11) is -4.10. The third kappa shape index (κ3) is 13.0. The summed E-state index contributed by atoms with van der Waals surface area (Å²) in [5.74, 6) is -1.07. The Hall–Kier alpha value is -2.92. The number of esters is 1. The lowest BCUT2D eigenvalue weighted by Crippen LogP contribution is -2.40. The molecule has 0 saturated carbocycles. The summed E-state index contributed by atoms with van der Waals surface area (Å²) in [6.45, 7) is 3.00. The van der Waals surface area contributed by atoms with Gasteiger partial charge in [-0.05, 0) is 62.1 Å². The first-order valence-electron chi connectivity index (χ1n) is 17.3. The highest BCUT2D eigenvalue weighted by atomic mass is 31.2. The number of carbonyl (C=O) groups excluding carboxylic acids is 1. The van der Waals surface area contributed by atoms with Crippen molar-refractivity contribution in [1.82, 2.24) is 0 Å². The second kappa shape index (κ2) is 20.1. The zero-order valence-electron chi connectivity index (χ0n) is 28.3. The van der Waals surface area contributed by atoms with Crippen molar-refractivity contribution in [3.8, 4) is 0 Å². The number of phosphoric acid groups is 1. The van der Waals surface area contributed by atoms with Crippen LogP contribution in [0, 0.1) is 5.92 Å². The van der Waals surface area contributed by atoms with Gasteiger partial charge >= 0.3 is 13.8 Å². The number of phosphoric ester groups is 1. The van der Waals surface area contributed by atoms with Gasteiger partial charge in [-0.2, -0.15) is 0 Å². The van der Waals surface area contributed by atoms with Gasteiger partial charge in [-0.15, -0.1) is 0 Å². The van der Waals surface area contributed by atoms with Crippen molar-refractivity contribution in [2.45, 2.75) is 96.5 Å². The Kier molecular flexibility index (Phi) is 15.3. The lowest BCUT2D eigenvalue weighted by molar-refractivity contribution is -0.226. The highest BCUT2D eigenvalue weighted by Gasteiger charge is 2.36. The summed E-state index contributed by atoms with van der Waals surface area (Å²) >= 11 is 0. The van der Waals surface area contributed by atoms with E-state index in [1.165, 1.54) is 0 Å². The van der Waals surface area contributed by atoms with Gasteiger partial charge in [0.15, 0.2) is 12.6 Å². The Labute approximate surface area is 289 Å². The molecule has 5 atom stereocenters. The normalized spacial score (nSPS) is 20.3. The number of carbonyl (C=O) groups is 1. The van der Waals surface area contributed by atoms with Crippen LogP contribution in [0.5, 0.6) is 0 Å². The number of benzene rings is 3. The van der Waals surface area contributed by atoms with Crippen LogP contribution in [-0.2, 0) is 66.4 Å². The van der Waals surface area contributed by atoms with Gasteiger partial charge in [0, 0.05) is 19.6 Å². The number of hydrogen-bond donors (Lipinski definition) is 0. The predicted octanol–water partition coefficient (Wildman–Crippen LogP) is 8.14. The molecule has 2 unspecified atom stereocenters. The van der Waals surface area contributed by atoms with Crippen molar-refractivity contribution in [1.29, 1.82) is 0 Å². The fourth-order valence-corrected chi connectivity index (χ4v) is 6.79. The number of hydrogen-bond acceptors (Lipinski definition) is 10. The summed E-state index contributed by atoms with van der Waals surface area (Å²) in [6, 6.07) is 28.4. The van der Waals surface area contributed by atoms with Gasteiger partial charge in [-0.1, -0.05) is 91.0 Å². The second-order valence-electron chi connectivity index (χ2n) is 12.4. The molecule has 2 saturated heterocycles. The minimum Gasteiger partial charge on any atom is -0.461 e. The van der Waals surface area contributed by atoms with E-state index in [0.29, 0.717) is 26.1 Å². The molecule has 3 aromatic rings. The maximum absolute atomic E-state index is 14.1. The minimum absolute atomic E-state index is 0.0270. The highest BCUT2D eigenvalue weighted by molar-refractivity contribution is 7.48. The zero-order chi connectivity index (χ0) is 34.2. The standard InChI is InChI=1S/C38H49O10P/c1-30(38(39)43-26-31-15-5-2-6-16-31)35(48-37-22-12-14-24-42-37)25-34(47-36-21-11-13-23-41-36)29-46-49(40,44-27-32-17-7-3-8-18-32)45-28-33-19-9-4-10-20-33/h2-10,15-20,30,34-37H,11-14,21-29H2,1H3/t30-,34+,35+,36?,37?/m1/s1. The van der Waals surface area contributed by atoms with Gasteiger partial charge in [0.25, 0.3) is 0 Å². The molecular weight excluding hydrogens is 647 g/mol. The molecule has 49 heavy (non-hydrogen) atoms. The van der Waals surface area contributed by atoms with Gasteiger partial charge in [0.2, 0.25) is 0 Å². The molecule has 2 heterocycles. The van der Waals surface area contributed by atoms with Crippen LogP contribution in [0.25, 0.3) is 0 Å². The molecule has 2 aliphatic rings. The average Bonchev–Trinajstić information content (AvgIpc) is 3.16. The molecule has 0 N–H and O–H groups in total. The maximum Gasteiger partial charge on any atom is 0.475 e. The topological polar surface area (TPSA) is 108 Å². The zero-order valence-corrected chi connectivity index (χ0v) is 29.2. The molecule has 0 amide bonds. The molecule has 266 valence electrons. The van der Waals surface area contributed by atoms with E-state index in [4.69, 9.17) is 37.3 Å². The van der Waals surface area contributed by atoms with Crippen molar-refractivity contribution >= 4 is 13.8 Å². The molecule has 0 bridgehead atoms. The van der Waals surface area contributed by atoms with Gasteiger partial charge < -0.3 is 23.7 Å². The van der Waals surface area contributed by atoms with E-state index < -0.39 is 44.5 Å². The first kappa shape index (κ1) is 37.3. The first-order chi connectivity index (χ1) is 24.0. The van der Waals surface area contributed by atoms with Crippen molar-refractivity contribution in [2.24, 2.45) is 5.92 Å². The van der Waals surface area contributed by atoms with Crippen LogP contribution in [-0.4, -0.2) is 50.6 Å². The van der Waals surface area contributed by atoms with Gasteiger partial charge in [-0.3, -0.25) is 18.4 Å². The average molecular weight is 697 g/mol. The molecule has 0 spiro atoms. The molecule has 0 aliphatic carbocycles. The Morgan fingerprint density at radius 3 is 1.67 bits per heavy atom. The largest absolute Gasteiger partial charge is 0.475 e. The van der Waals surface area contributed by atoms with Crippen LogP contribution in [0.2, 0.25) is 0 Å². The smallest absolute Gasteiger partial charge is 0.461 e. The molecule has 2 fully saturated rings. The third-order valence-corrected chi connectivity index (χ3v) is 9.83. The SMILES string of the molecule is C[C@@H](C(=O)OCc1ccccc1)[C@H](C[C@@H](COP(=O)(OCc1ccccc1)OCc1ccccc1)OC1CCCCO1)OC1CCCCO1. The summed E-state index contributed by atoms with van der Waals surface area (Å²) in [4.78, 5) is 13.4. The van der Waals surface area contributed by atoms with Gasteiger partial charge in [0.05, 0.1) is 37.9 Å². The summed E-state index contributed by atoms with van der Waals surface area (Å²) in [5, 5.41) is 0. The molecular formula is C38H49O10P. The van der Waals surface area contributed by atoms with E-state index in [1.54, 1.807) is 6.92 Å².